The van der Waals surface area contributed by atoms with Crippen molar-refractivity contribution in [3.05, 3.63) is 0 Å². The first-order valence-corrected chi connectivity index (χ1v) is 5.93. The molecule has 0 spiro atoms. The fraction of sp³-hybridized carbons (Fsp3) is 1.00. The molecule has 0 radical (unpaired) electrons. The lowest BCUT2D eigenvalue weighted by Crippen LogP contribution is -2.26. The molecular weight excluding hydrogens is 158 g/mol. The third kappa shape index (κ3) is 1.41. The number of fused-ring (bicyclic) bond motifs is 1. The van der Waals surface area contributed by atoms with Crippen molar-refractivity contribution in [2.75, 3.05) is 13.1 Å². The van der Waals surface area contributed by atoms with E-state index >= 15 is 0 Å². The van der Waals surface area contributed by atoms with E-state index in [1.54, 1.807) is 0 Å². The van der Waals surface area contributed by atoms with Crippen molar-refractivity contribution in [3.8, 4) is 0 Å². The molecule has 13 heavy (non-hydrogen) atoms. The smallest absolute Gasteiger partial charge is 0.00142 e. The molecule has 1 nitrogen and oxygen atoms in total. The van der Waals surface area contributed by atoms with Gasteiger partial charge in [-0.15, -0.1) is 0 Å². The minimum Gasteiger partial charge on any atom is -0.316 e. The van der Waals surface area contributed by atoms with Gasteiger partial charge in [-0.3, -0.25) is 0 Å². The third-order valence-electron chi connectivity index (χ3n) is 4.53. The molecule has 0 aromatic rings. The van der Waals surface area contributed by atoms with Crippen LogP contribution in [0.4, 0.5) is 0 Å². The lowest BCUT2D eigenvalue weighted by Gasteiger charge is -2.30. The highest BCUT2D eigenvalue weighted by Crippen LogP contribution is 2.60. The third-order valence-corrected chi connectivity index (χ3v) is 4.53. The molecule has 1 heteroatoms. The van der Waals surface area contributed by atoms with Crippen LogP contribution in [0.15, 0.2) is 0 Å². The van der Waals surface area contributed by atoms with E-state index in [2.05, 4.69) is 26.1 Å². The van der Waals surface area contributed by atoms with Crippen LogP contribution >= 0.6 is 0 Å². The first-order chi connectivity index (χ1) is 6.23. The summed E-state index contributed by atoms with van der Waals surface area (Å²) < 4.78 is 0. The fourth-order valence-corrected chi connectivity index (χ4v) is 3.60. The molecular formula is C12H23N. The molecule has 2 fully saturated rings. The summed E-state index contributed by atoms with van der Waals surface area (Å²) in [7, 11) is 0. The van der Waals surface area contributed by atoms with Gasteiger partial charge in [-0.1, -0.05) is 33.6 Å². The Morgan fingerprint density at radius 2 is 1.85 bits per heavy atom. The van der Waals surface area contributed by atoms with Gasteiger partial charge in [0.25, 0.3) is 0 Å². The van der Waals surface area contributed by atoms with Gasteiger partial charge < -0.3 is 5.32 Å². The molecule has 1 N–H and O–H groups in total. The van der Waals surface area contributed by atoms with Gasteiger partial charge in [-0.25, -0.2) is 0 Å². The normalized spacial score (nSPS) is 41.3. The zero-order valence-corrected chi connectivity index (χ0v) is 9.27. The molecule has 1 heterocycles. The van der Waals surface area contributed by atoms with E-state index in [9.17, 15) is 0 Å². The van der Waals surface area contributed by atoms with Crippen LogP contribution in [0.3, 0.4) is 0 Å². The van der Waals surface area contributed by atoms with Crippen LogP contribution in [0.5, 0.6) is 0 Å². The van der Waals surface area contributed by atoms with E-state index in [1.165, 1.54) is 32.4 Å². The highest BCUT2D eigenvalue weighted by atomic mass is 15.0. The van der Waals surface area contributed by atoms with Crippen molar-refractivity contribution in [2.45, 2.75) is 40.0 Å². The highest BCUT2D eigenvalue weighted by molar-refractivity contribution is 5.09. The first-order valence-electron chi connectivity index (χ1n) is 5.93. The maximum atomic E-state index is 3.49. The second-order valence-corrected chi connectivity index (χ2v) is 5.27. The summed E-state index contributed by atoms with van der Waals surface area (Å²) in [6, 6.07) is 0. The summed E-state index contributed by atoms with van der Waals surface area (Å²) in [4.78, 5) is 0. The monoisotopic (exact) mass is 181 g/mol. The molecule has 3 atom stereocenters. The summed E-state index contributed by atoms with van der Waals surface area (Å²) in [5, 5.41) is 3.49. The second kappa shape index (κ2) is 3.27. The van der Waals surface area contributed by atoms with Crippen molar-refractivity contribution >= 4 is 0 Å². The predicted molar refractivity (Wildman–Crippen MR) is 56.6 cm³/mol. The molecule has 0 bridgehead atoms. The maximum Gasteiger partial charge on any atom is -0.00142 e. The van der Waals surface area contributed by atoms with Gasteiger partial charge >= 0.3 is 0 Å². The number of hydrogen-bond acceptors (Lipinski definition) is 1. The van der Waals surface area contributed by atoms with Crippen LogP contribution in [0.2, 0.25) is 0 Å². The van der Waals surface area contributed by atoms with Gasteiger partial charge in [0.15, 0.2) is 0 Å². The van der Waals surface area contributed by atoms with Gasteiger partial charge in [0, 0.05) is 0 Å². The minimum atomic E-state index is 0.659. The number of nitrogens with one attached hydrogen (secondary N) is 1. The van der Waals surface area contributed by atoms with Gasteiger partial charge in [0.05, 0.1) is 0 Å². The lowest BCUT2D eigenvalue weighted by molar-refractivity contribution is 0.206. The minimum absolute atomic E-state index is 0.659. The van der Waals surface area contributed by atoms with Crippen LogP contribution in [0.1, 0.15) is 40.0 Å². The Hall–Kier alpha value is -0.0400. The molecule has 1 aliphatic heterocycles. The van der Waals surface area contributed by atoms with Crippen LogP contribution in [0, 0.1) is 23.2 Å². The van der Waals surface area contributed by atoms with Gasteiger partial charge in [-0.2, -0.15) is 0 Å². The highest BCUT2D eigenvalue weighted by Gasteiger charge is 2.59. The molecule has 0 aromatic carbocycles. The van der Waals surface area contributed by atoms with Gasteiger partial charge in [-0.05, 0) is 42.7 Å². The Morgan fingerprint density at radius 3 is 2.31 bits per heavy atom. The predicted octanol–water partition coefficient (Wildman–Crippen LogP) is 2.67. The Bertz CT molecular complexity index is 180. The Morgan fingerprint density at radius 1 is 1.23 bits per heavy atom. The number of hydrogen-bond donors (Lipinski definition) is 1. The van der Waals surface area contributed by atoms with Gasteiger partial charge in [0.2, 0.25) is 0 Å². The molecule has 2 aliphatic rings. The first kappa shape index (κ1) is 9.51. The molecule has 3 unspecified atom stereocenters. The Labute approximate surface area is 82.3 Å². The van der Waals surface area contributed by atoms with E-state index in [-0.39, 0.29) is 0 Å². The average Bonchev–Trinajstić information content (AvgIpc) is 2.63. The van der Waals surface area contributed by atoms with E-state index in [4.69, 9.17) is 0 Å². The lowest BCUT2D eigenvalue weighted by atomic mass is 9.76. The van der Waals surface area contributed by atoms with Crippen molar-refractivity contribution in [2.24, 2.45) is 23.2 Å². The molecule has 0 amide bonds. The maximum absolute atomic E-state index is 3.49. The quantitative estimate of drug-likeness (QED) is 0.703. The number of piperidine rings is 1. The Balaban J connectivity index is 1.98. The van der Waals surface area contributed by atoms with E-state index in [0.29, 0.717) is 5.41 Å². The SMILES string of the molecule is CCCC(C)(CC)C1C2CNCC21. The van der Waals surface area contributed by atoms with Gasteiger partial charge in [0.1, 0.15) is 0 Å². The summed E-state index contributed by atoms with van der Waals surface area (Å²) >= 11 is 0. The molecule has 1 aliphatic carbocycles. The molecule has 1 saturated carbocycles. The molecule has 1 saturated heterocycles. The summed E-state index contributed by atoms with van der Waals surface area (Å²) in [5.74, 6) is 3.13. The summed E-state index contributed by atoms with van der Waals surface area (Å²) in [5.41, 5.74) is 0.659. The van der Waals surface area contributed by atoms with E-state index < -0.39 is 0 Å². The standard InChI is InChI=1S/C12H23N/c1-4-6-12(3,5-2)11-9-7-13-8-10(9)11/h9-11,13H,4-8H2,1-3H3. The second-order valence-electron chi connectivity index (χ2n) is 5.27. The molecule has 2 rings (SSSR count). The number of rotatable bonds is 4. The van der Waals surface area contributed by atoms with E-state index in [0.717, 1.165) is 17.8 Å². The summed E-state index contributed by atoms with van der Waals surface area (Å²) in [6.07, 6.45) is 4.16. The van der Waals surface area contributed by atoms with Crippen LogP contribution < -0.4 is 5.32 Å². The molecule has 76 valence electrons. The van der Waals surface area contributed by atoms with Crippen LogP contribution in [-0.4, -0.2) is 13.1 Å². The zero-order valence-electron chi connectivity index (χ0n) is 9.27. The average molecular weight is 181 g/mol. The Kier molecular flexibility index (Phi) is 2.39. The van der Waals surface area contributed by atoms with Crippen LogP contribution in [0.25, 0.3) is 0 Å². The topological polar surface area (TPSA) is 12.0 Å². The van der Waals surface area contributed by atoms with Crippen LogP contribution in [-0.2, 0) is 0 Å². The zero-order chi connectivity index (χ0) is 9.47. The van der Waals surface area contributed by atoms with Crippen molar-refractivity contribution in [3.63, 3.8) is 0 Å². The summed E-state index contributed by atoms with van der Waals surface area (Å²) in [6.45, 7) is 9.81. The van der Waals surface area contributed by atoms with E-state index in [1.807, 2.05) is 0 Å². The van der Waals surface area contributed by atoms with Crippen molar-refractivity contribution in [1.82, 2.24) is 5.32 Å². The largest absolute Gasteiger partial charge is 0.316 e. The fourth-order valence-electron chi connectivity index (χ4n) is 3.60. The molecule has 0 aromatic heterocycles. The van der Waals surface area contributed by atoms with Crippen molar-refractivity contribution in [1.29, 1.82) is 0 Å². The van der Waals surface area contributed by atoms with Crippen molar-refractivity contribution < 1.29 is 0 Å².